The van der Waals surface area contributed by atoms with Crippen LogP contribution in [0.5, 0.6) is 11.5 Å². The molecule has 3 aromatic rings. The zero-order chi connectivity index (χ0) is 17.8. The quantitative estimate of drug-likeness (QED) is 0.464. The lowest BCUT2D eigenvalue weighted by Gasteiger charge is -2.11. The van der Waals surface area contributed by atoms with Gasteiger partial charge in [-0.05, 0) is 30.7 Å². The van der Waals surface area contributed by atoms with E-state index in [1.165, 1.54) is 13.2 Å². The number of thioether (sulfide) groups is 1. The summed E-state index contributed by atoms with van der Waals surface area (Å²) in [5, 5.41) is 1.87. The third kappa shape index (κ3) is 4.17. The molecule has 0 amide bonds. The van der Waals surface area contributed by atoms with Crippen molar-refractivity contribution in [2.45, 2.75) is 24.3 Å². The minimum atomic E-state index is -2.88. The van der Waals surface area contributed by atoms with E-state index < -0.39 is 6.61 Å². The van der Waals surface area contributed by atoms with Crippen molar-refractivity contribution in [3.63, 3.8) is 0 Å². The van der Waals surface area contributed by atoms with Gasteiger partial charge in [0.1, 0.15) is 10.9 Å². The number of aromatic nitrogens is 2. The number of ether oxygens (including phenoxy) is 2. The van der Waals surface area contributed by atoms with Crippen LogP contribution in [0.2, 0.25) is 0 Å². The Kier molecular flexibility index (Phi) is 5.33. The fourth-order valence-corrected chi connectivity index (χ4v) is 3.42. The molecule has 0 N–H and O–H groups in total. The Labute approximate surface area is 148 Å². The molecule has 0 saturated carbocycles. The number of methoxy groups -OCH3 is 1. The fraction of sp³-hybridized carbons (Fsp3) is 0.222. The van der Waals surface area contributed by atoms with Gasteiger partial charge in [-0.1, -0.05) is 24.3 Å². The first kappa shape index (κ1) is 17.4. The number of halogens is 2. The van der Waals surface area contributed by atoms with Crippen LogP contribution in [-0.2, 0) is 5.75 Å². The normalized spacial score (nSPS) is 11.1. The van der Waals surface area contributed by atoms with Gasteiger partial charge in [-0.2, -0.15) is 8.78 Å². The average molecular weight is 362 g/mol. The second-order valence-electron chi connectivity index (χ2n) is 5.25. The summed E-state index contributed by atoms with van der Waals surface area (Å²) < 4.78 is 34.4. The van der Waals surface area contributed by atoms with Gasteiger partial charge in [0.05, 0.1) is 12.6 Å². The van der Waals surface area contributed by atoms with Crippen molar-refractivity contribution in [1.82, 2.24) is 9.97 Å². The van der Waals surface area contributed by atoms with Gasteiger partial charge in [-0.25, -0.2) is 9.97 Å². The van der Waals surface area contributed by atoms with Crippen molar-refractivity contribution in [3.8, 4) is 11.5 Å². The molecule has 0 spiro atoms. The molecule has 0 aliphatic rings. The van der Waals surface area contributed by atoms with Crippen LogP contribution < -0.4 is 9.47 Å². The number of hydrogen-bond acceptors (Lipinski definition) is 5. The highest BCUT2D eigenvalue weighted by Crippen LogP contribution is 2.33. The average Bonchev–Trinajstić information content (AvgIpc) is 2.60. The van der Waals surface area contributed by atoms with Crippen molar-refractivity contribution in [3.05, 3.63) is 53.9 Å². The molecule has 1 heterocycles. The minimum absolute atomic E-state index is 0.0228. The van der Waals surface area contributed by atoms with Crippen LogP contribution in [0.15, 0.2) is 47.5 Å². The third-order valence-corrected chi connectivity index (χ3v) is 4.56. The van der Waals surface area contributed by atoms with Crippen molar-refractivity contribution in [1.29, 1.82) is 0 Å². The second-order valence-corrected chi connectivity index (χ2v) is 6.21. The highest BCUT2D eigenvalue weighted by Gasteiger charge is 2.12. The van der Waals surface area contributed by atoms with Gasteiger partial charge in [-0.3, -0.25) is 0 Å². The molecule has 0 aliphatic carbocycles. The highest BCUT2D eigenvalue weighted by molar-refractivity contribution is 7.98. The van der Waals surface area contributed by atoms with Crippen LogP contribution in [0.1, 0.15) is 11.4 Å². The predicted molar refractivity (Wildman–Crippen MR) is 93.5 cm³/mol. The van der Waals surface area contributed by atoms with Gasteiger partial charge in [0.15, 0.2) is 11.5 Å². The largest absolute Gasteiger partial charge is 0.493 e. The Bertz CT molecular complexity index is 890. The summed E-state index contributed by atoms with van der Waals surface area (Å²) in [4.78, 5) is 8.94. The maximum absolute atomic E-state index is 12.4. The van der Waals surface area contributed by atoms with E-state index in [4.69, 9.17) is 4.74 Å². The first-order valence-electron chi connectivity index (χ1n) is 7.54. The van der Waals surface area contributed by atoms with Crippen molar-refractivity contribution in [2.24, 2.45) is 0 Å². The van der Waals surface area contributed by atoms with Crippen molar-refractivity contribution >= 4 is 22.7 Å². The Morgan fingerprint density at radius 2 is 1.88 bits per heavy atom. The fourth-order valence-electron chi connectivity index (χ4n) is 2.42. The number of para-hydroxylation sites is 1. The smallest absolute Gasteiger partial charge is 0.387 e. The van der Waals surface area contributed by atoms with Gasteiger partial charge in [0.25, 0.3) is 0 Å². The predicted octanol–water partition coefficient (Wildman–Crippen LogP) is 4.84. The van der Waals surface area contributed by atoms with E-state index >= 15 is 0 Å². The van der Waals surface area contributed by atoms with Crippen LogP contribution in [-0.4, -0.2) is 23.7 Å². The minimum Gasteiger partial charge on any atom is -0.493 e. The molecule has 1 aromatic heterocycles. The van der Waals surface area contributed by atoms with Crippen molar-refractivity contribution in [2.75, 3.05) is 7.11 Å². The number of fused-ring (bicyclic) bond motifs is 1. The molecule has 0 radical (unpaired) electrons. The molecule has 3 rings (SSSR count). The van der Waals surface area contributed by atoms with Gasteiger partial charge >= 0.3 is 6.61 Å². The first-order chi connectivity index (χ1) is 12.1. The third-order valence-electron chi connectivity index (χ3n) is 3.50. The molecule has 0 unspecified atom stereocenters. The number of nitrogens with zero attached hydrogens (tertiary/aromatic N) is 2. The van der Waals surface area contributed by atoms with E-state index in [1.807, 2.05) is 31.2 Å². The lowest BCUT2D eigenvalue weighted by atomic mass is 10.2. The second kappa shape index (κ2) is 7.65. The van der Waals surface area contributed by atoms with E-state index in [-0.39, 0.29) is 11.5 Å². The monoisotopic (exact) mass is 362 g/mol. The molecule has 0 atom stereocenters. The summed E-state index contributed by atoms with van der Waals surface area (Å²) in [5.74, 6) is 1.63. The molecular weight excluding hydrogens is 346 g/mol. The summed E-state index contributed by atoms with van der Waals surface area (Å²) in [6.45, 7) is -1.03. The molecule has 2 aromatic carbocycles. The Balaban J connectivity index is 1.82. The Morgan fingerprint density at radius 1 is 1.08 bits per heavy atom. The van der Waals surface area contributed by atoms with Crippen LogP contribution >= 0.6 is 11.8 Å². The molecule has 0 bridgehead atoms. The molecule has 25 heavy (non-hydrogen) atoms. The van der Waals surface area contributed by atoms with Crippen LogP contribution in [0.3, 0.4) is 0 Å². The number of benzene rings is 2. The summed E-state index contributed by atoms with van der Waals surface area (Å²) in [5.41, 5.74) is 1.82. The maximum Gasteiger partial charge on any atom is 0.387 e. The van der Waals surface area contributed by atoms with Gasteiger partial charge in [-0.15, -0.1) is 11.8 Å². The molecule has 0 aliphatic heterocycles. The van der Waals surface area contributed by atoms with Crippen LogP contribution in [0.25, 0.3) is 10.9 Å². The van der Waals surface area contributed by atoms with Gasteiger partial charge < -0.3 is 9.47 Å². The van der Waals surface area contributed by atoms with Gasteiger partial charge in [0.2, 0.25) is 0 Å². The molecule has 130 valence electrons. The van der Waals surface area contributed by atoms with Crippen LogP contribution in [0.4, 0.5) is 8.78 Å². The molecule has 4 nitrogen and oxygen atoms in total. The summed E-state index contributed by atoms with van der Waals surface area (Å²) >= 11 is 1.56. The maximum atomic E-state index is 12.4. The first-order valence-corrected chi connectivity index (χ1v) is 8.53. The van der Waals surface area contributed by atoms with E-state index in [9.17, 15) is 8.78 Å². The van der Waals surface area contributed by atoms with Gasteiger partial charge in [0, 0.05) is 11.1 Å². The van der Waals surface area contributed by atoms with E-state index in [2.05, 4.69) is 14.7 Å². The Morgan fingerprint density at radius 3 is 2.64 bits per heavy atom. The SMILES string of the molecule is COc1cc(CSc2nc(C)nc3ccccc23)ccc1OC(F)F. The van der Waals surface area contributed by atoms with E-state index in [0.717, 1.165) is 21.5 Å². The van der Waals surface area contributed by atoms with Crippen molar-refractivity contribution < 1.29 is 18.3 Å². The zero-order valence-corrected chi connectivity index (χ0v) is 14.5. The number of aryl methyl sites for hydroxylation is 1. The topological polar surface area (TPSA) is 44.2 Å². The lowest BCUT2D eigenvalue weighted by molar-refractivity contribution is -0.0512. The number of hydrogen-bond donors (Lipinski definition) is 0. The zero-order valence-electron chi connectivity index (χ0n) is 13.7. The standard InChI is InChI=1S/C18H16F2N2O2S/c1-11-21-14-6-4-3-5-13(14)17(22-11)25-10-12-7-8-15(24-18(19)20)16(9-12)23-2/h3-9,18H,10H2,1-2H3. The molecule has 7 heteroatoms. The van der Waals surface area contributed by atoms with Crippen LogP contribution in [0, 0.1) is 6.92 Å². The van der Waals surface area contributed by atoms with E-state index in [1.54, 1.807) is 23.9 Å². The highest BCUT2D eigenvalue weighted by atomic mass is 32.2. The Hall–Kier alpha value is -2.41. The summed E-state index contributed by atoms with van der Waals surface area (Å²) in [6.07, 6.45) is 0. The summed E-state index contributed by atoms with van der Waals surface area (Å²) in [7, 11) is 1.42. The van der Waals surface area contributed by atoms with E-state index in [0.29, 0.717) is 11.6 Å². The molecule has 0 saturated heterocycles. The summed E-state index contributed by atoms with van der Waals surface area (Å²) in [6, 6.07) is 12.7. The lowest BCUT2D eigenvalue weighted by Crippen LogP contribution is -2.03. The molecular formula is C18H16F2N2O2S. The number of rotatable bonds is 6. The number of alkyl halides is 2. The molecule has 0 fully saturated rings.